The van der Waals surface area contributed by atoms with Crippen LogP contribution < -0.4 is 5.32 Å². The molecule has 24 heavy (non-hydrogen) atoms. The first-order valence-corrected chi connectivity index (χ1v) is 8.73. The molecule has 0 bridgehead atoms. The number of piperidine rings is 1. The molecule has 2 fully saturated rings. The van der Waals surface area contributed by atoms with Crippen molar-refractivity contribution in [3.05, 3.63) is 29.9 Å². The van der Waals surface area contributed by atoms with E-state index >= 15 is 0 Å². The Balaban J connectivity index is 1.77. The highest BCUT2D eigenvalue weighted by atomic mass is 16.5. The van der Waals surface area contributed by atoms with Crippen LogP contribution in [0.15, 0.2) is 24.0 Å². The van der Waals surface area contributed by atoms with Crippen molar-refractivity contribution in [2.24, 2.45) is 5.41 Å². The lowest BCUT2D eigenvalue weighted by Crippen LogP contribution is -2.58. The van der Waals surface area contributed by atoms with Gasteiger partial charge in [-0.25, -0.2) is 4.98 Å². The Kier molecular flexibility index (Phi) is 5.06. The third-order valence-corrected chi connectivity index (χ3v) is 5.01. The van der Waals surface area contributed by atoms with Crippen molar-refractivity contribution in [3.8, 4) is 0 Å². The minimum atomic E-state index is 0.0235. The molecule has 6 nitrogen and oxygen atoms in total. The molecule has 3 rings (SSSR count). The Hall–Kier alpha value is -1.66. The molecule has 0 aliphatic carbocycles. The Morgan fingerprint density at radius 3 is 2.88 bits per heavy atom. The number of hydrogen-bond acceptors (Lipinski definition) is 4. The molecule has 6 heteroatoms. The fourth-order valence-corrected chi connectivity index (χ4v) is 3.72. The molecular formula is C18H28N4O2. The minimum Gasteiger partial charge on any atom is -0.383 e. The van der Waals surface area contributed by atoms with Crippen LogP contribution in [-0.2, 0) is 16.1 Å². The van der Waals surface area contributed by atoms with Gasteiger partial charge in [0.25, 0.3) is 0 Å². The van der Waals surface area contributed by atoms with E-state index in [1.54, 1.807) is 7.11 Å². The highest BCUT2D eigenvalue weighted by Crippen LogP contribution is 2.47. The number of carbonyl (C=O) groups is 1. The van der Waals surface area contributed by atoms with Gasteiger partial charge in [-0.15, -0.1) is 0 Å². The van der Waals surface area contributed by atoms with Crippen molar-refractivity contribution in [2.75, 3.05) is 33.4 Å². The van der Waals surface area contributed by atoms with Crippen molar-refractivity contribution >= 4 is 5.91 Å². The summed E-state index contributed by atoms with van der Waals surface area (Å²) in [6.07, 6.45) is 7.57. The lowest BCUT2D eigenvalue weighted by molar-refractivity contribution is -0.147. The zero-order valence-electron chi connectivity index (χ0n) is 14.9. The van der Waals surface area contributed by atoms with E-state index in [0.29, 0.717) is 6.61 Å². The summed E-state index contributed by atoms with van der Waals surface area (Å²) in [7, 11) is 1.70. The number of rotatable bonds is 5. The molecule has 132 valence electrons. The Bertz CT molecular complexity index is 612. The molecule has 2 saturated heterocycles. The van der Waals surface area contributed by atoms with Gasteiger partial charge in [0, 0.05) is 44.1 Å². The molecule has 1 N–H and O–H groups in total. The van der Waals surface area contributed by atoms with E-state index in [1.165, 1.54) is 5.57 Å². The molecule has 1 atom stereocenters. The summed E-state index contributed by atoms with van der Waals surface area (Å²) in [4.78, 5) is 19.3. The fraction of sp³-hybridized carbons (Fsp3) is 0.667. The van der Waals surface area contributed by atoms with Crippen LogP contribution in [0.5, 0.6) is 0 Å². The smallest absolute Gasteiger partial charge is 0.247 e. The second kappa shape index (κ2) is 7.07. The van der Waals surface area contributed by atoms with Gasteiger partial charge in [0.1, 0.15) is 5.82 Å². The molecule has 0 saturated carbocycles. The molecule has 0 aromatic carbocycles. The number of nitrogens with zero attached hydrogens (tertiary/aromatic N) is 3. The van der Waals surface area contributed by atoms with Crippen LogP contribution in [0.3, 0.4) is 0 Å². The third kappa shape index (κ3) is 3.39. The molecule has 1 unspecified atom stereocenters. The van der Waals surface area contributed by atoms with E-state index in [9.17, 15) is 4.79 Å². The van der Waals surface area contributed by atoms with Crippen LogP contribution in [0.4, 0.5) is 0 Å². The van der Waals surface area contributed by atoms with Gasteiger partial charge in [0.2, 0.25) is 5.91 Å². The van der Waals surface area contributed by atoms with Gasteiger partial charge < -0.3 is 19.5 Å². The number of nitrogens with one attached hydrogen (secondary N) is 1. The van der Waals surface area contributed by atoms with Crippen molar-refractivity contribution in [2.45, 2.75) is 39.3 Å². The monoisotopic (exact) mass is 332 g/mol. The van der Waals surface area contributed by atoms with Gasteiger partial charge in [-0.1, -0.05) is 19.4 Å². The molecule has 2 aliphatic rings. The number of aromatic nitrogens is 2. The molecule has 3 heterocycles. The molecule has 0 radical (unpaired) electrons. The quantitative estimate of drug-likeness (QED) is 0.835. The zero-order valence-corrected chi connectivity index (χ0v) is 14.9. The van der Waals surface area contributed by atoms with Crippen molar-refractivity contribution < 1.29 is 9.53 Å². The Morgan fingerprint density at radius 1 is 1.46 bits per heavy atom. The topological polar surface area (TPSA) is 59.4 Å². The van der Waals surface area contributed by atoms with Crippen molar-refractivity contribution in [1.29, 1.82) is 0 Å². The minimum absolute atomic E-state index is 0.0235. The summed E-state index contributed by atoms with van der Waals surface area (Å²) >= 11 is 0. The van der Waals surface area contributed by atoms with E-state index in [-0.39, 0.29) is 17.4 Å². The molecule has 1 aromatic heterocycles. The second-order valence-corrected chi connectivity index (χ2v) is 7.38. The lowest BCUT2D eigenvalue weighted by Gasteiger charge is -2.53. The molecule has 2 aliphatic heterocycles. The van der Waals surface area contributed by atoms with Gasteiger partial charge in [-0.3, -0.25) is 4.79 Å². The largest absolute Gasteiger partial charge is 0.383 e. The Labute approximate surface area is 143 Å². The van der Waals surface area contributed by atoms with Gasteiger partial charge in [-0.05, 0) is 25.9 Å². The second-order valence-electron chi connectivity index (χ2n) is 7.38. The van der Waals surface area contributed by atoms with E-state index in [0.717, 1.165) is 44.8 Å². The predicted octanol–water partition coefficient (Wildman–Crippen LogP) is 1.75. The number of methoxy groups -OCH3 is 1. The number of imidazole rings is 1. The van der Waals surface area contributed by atoms with Crippen LogP contribution in [0, 0.1) is 5.41 Å². The summed E-state index contributed by atoms with van der Waals surface area (Å²) < 4.78 is 7.29. The third-order valence-electron chi connectivity index (χ3n) is 5.01. The van der Waals surface area contributed by atoms with Gasteiger partial charge in [-0.2, -0.15) is 0 Å². The first-order valence-electron chi connectivity index (χ1n) is 8.73. The highest BCUT2D eigenvalue weighted by Gasteiger charge is 2.50. The average Bonchev–Trinajstić information content (AvgIpc) is 2.99. The van der Waals surface area contributed by atoms with Gasteiger partial charge >= 0.3 is 0 Å². The van der Waals surface area contributed by atoms with Gasteiger partial charge in [0.15, 0.2) is 0 Å². The summed E-state index contributed by atoms with van der Waals surface area (Å²) in [6.45, 7) is 8.51. The zero-order chi connectivity index (χ0) is 17.2. The maximum absolute atomic E-state index is 12.8. The van der Waals surface area contributed by atoms with Crippen LogP contribution in [0.25, 0.3) is 0 Å². The van der Waals surface area contributed by atoms with E-state index in [1.807, 2.05) is 23.4 Å². The maximum atomic E-state index is 12.8. The lowest BCUT2D eigenvalue weighted by atomic mass is 9.74. The number of likely N-dealkylation sites (tertiary alicyclic amines) is 1. The number of ether oxygens (including phenoxy) is 1. The average molecular weight is 332 g/mol. The van der Waals surface area contributed by atoms with Crippen LogP contribution in [0.2, 0.25) is 0 Å². The normalized spacial score (nSPS) is 23.0. The maximum Gasteiger partial charge on any atom is 0.247 e. The Morgan fingerprint density at radius 2 is 2.21 bits per heavy atom. The molecular weight excluding hydrogens is 304 g/mol. The van der Waals surface area contributed by atoms with E-state index < -0.39 is 0 Å². The summed E-state index contributed by atoms with van der Waals surface area (Å²) in [6, 6.07) is 0.0235. The SMILES string of the molecule is COCCn1ccnc1C1N(C(=O)C=C2CCNCC2)CC1(C)C. The van der Waals surface area contributed by atoms with E-state index in [2.05, 4.69) is 28.7 Å². The number of hydrogen-bond donors (Lipinski definition) is 1. The van der Waals surface area contributed by atoms with E-state index in [4.69, 9.17) is 4.74 Å². The number of amides is 1. The van der Waals surface area contributed by atoms with Crippen LogP contribution in [0.1, 0.15) is 38.6 Å². The number of carbonyl (C=O) groups excluding carboxylic acids is 1. The first-order chi connectivity index (χ1) is 11.5. The highest BCUT2D eigenvalue weighted by molar-refractivity contribution is 5.89. The van der Waals surface area contributed by atoms with Crippen LogP contribution >= 0.6 is 0 Å². The van der Waals surface area contributed by atoms with Crippen molar-refractivity contribution in [1.82, 2.24) is 19.8 Å². The molecule has 1 amide bonds. The summed E-state index contributed by atoms with van der Waals surface area (Å²) in [5, 5.41) is 3.33. The molecule has 1 aromatic rings. The van der Waals surface area contributed by atoms with Crippen LogP contribution in [-0.4, -0.2) is 53.7 Å². The first kappa shape index (κ1) is 17.2. The molecule has 0 spiro atoms. The van der Waals surface area contributed by atoms with Gasteiger partial charge in [0.05, 0.1) is 12.6 Å². The fourth-order valence-electron chi connectivity index (χ4n) is 3.72. The summed E-state index contributed by atoms with van der Waals surface area (Å²) in [5.41, 5.74) is 1.29. The summed E-state index contributed by atoms with van der Waals surface area (Å²) in [5.74, 6) is 1.08. The van der Waals surface area contributed by atoms with Crippen molar-refractivity contribution in [3.63, 3.8) is 0 Å². The standard InChI is InChI=1S/C18H28N4O2/c1-18(2)13-22(15(23)12-14-4-6-19-7-5-14)16(18)17-20-8-9-21(17)10-11-24-3/h8-9,12,16,19H,4-7,10-11,13H2,1-3H3. The predicted molar refractivity (Wildman–Crippen MR) is 92.5 cm³/mol.